The fraction of sp³-hybridized carbons (Fsp3) is 0.500. The molecule has 0 aromatic heterocycles. The molecular formula is C14H19ClN2O. The monoisotopic (exact) mass is 266 g/mol. The van der Waals surface area contributed by atoms with Crippen LogP contribution >= 0.6 is 11.6 Å². The maximum Gasteiger partial charge on any atom is 0.220 e. The van der Waals surface area contributed by atoms with Crippen LogP contribution in [0.2, 0.25) is 5.02 Å². The van der Waals surface area contributed by atoms with Crippen molar-refractivity contribution in [1.29, 1.82) is 0 Å². The standard InChI is InChI=1S/C14H19ClN2O/c1-10-8-11(2)14(12(15)9-10)17-6-3-4-13(18)16-5-7-17/h8-9H,3-7H2,1-2H3,(H,16,18). The number of hydrogen-bond donors (Lipinski definition) is 1. The summed E-state index contributed by atoms with van der Waals surface area (Å²) >= 11 is 6.36. The van der Waals surface area contributed by atoms with Gasteiger partial charge in [-0.15, -0.1) is 0 Å². The molecule has 4 heteroatoms. The summed E-state index contributed by atoms with van der Waals surface area (Å²) in [5.74, 6) is 0.154. The van der Waals surface area contributed by atoms with Crippen LogP contribution in [0.15, 0.2) is 12.1 Å². The average molecular weight is 267 g/mol. The zero-order valence-electron chi connectivity index (χ0n) is 10.9. The minimum absolute atomic E-state index is 0.154. The van der Waals surface area contributed by atoms with E-state index < -0.39 is 0 Å². The predicted molar refractivity (Wildman–Crippen MR) is 75.4 cm³/mol. The van der Waals surface area contributed by atoms with Gasteiger partial charge < -0.3 is 10.2 Å². The molecule has 0 bridgehead atoms. The molecule has 1 N–H and O–H groups in total. The zero-order valence-corrected chi connectivity index (χ0v) is 11.7. The molecule has 1 amide bonds. The number of rotatable bonds is 1. The second-order valence-electron chi connectivity index (χ2n) is 4.85. The van der Waals surface area contributed by atoms with E-state index in [0.29, 0.717) is 13.0 Å². The maximum absolute atomic E-state index is 11.3. The molecule has 18 heavy (non-hydrogen) atoms. The highest BCUT2D eigenvalue weighted by atomic mass is 35.5. The minimum Gasteiger partial charge on any atom is -0.368 e. The minimum atomic E-state index is 0.154. The highest BCUT2D eigenvalue weighted by molar-refractivity contribution is 6.33. The highest BCUT2D eigenvalue weighted by Gasteiger charge is 2.16. The topological polar surface area (TPSA) is 32.3 Å². The quantitative estimate of drug-likeness (QED) is 0.848. The Morgan fingerprint density at radius 3 is 2.78 bits per heavy atom. The molecule has 1 heterocycles. The van der Waals surface area contributed by atoms with Crippen LogP contribution in [0.3, 0.4) is 0 Å². The fourth-order valence-electron chi connectivity index (χ4n) is 2.49. The Kier molecular flexibility index (Phi) is 4.12. The van der Waals surface area contributed by atoms with Crippen molar-refractivity contribution in [2.24, 2.45) is 0 Å². The largest absolute Gasteiger partial charge is 0.368 e. The number of anilines is 1. The maximum atomic E-state index is 11.3. The van der Waals surface area contributed by atoms with Crippen molar-refractivity contribution >= 4 is 23.2 Å². The second-order valence-corrected chi connectivity index (χ2v) is 5.26. The Morgan fingerprint density at radius 2 is 2.06 bits per heavy atom. The molecule has 1 aromatic rings. The fourth-order valence-corrected chi connectivity index (χ4v) is 2.93. The third kappa shape index (κ3) is 2.96. The summed E-state index contributed by atoms with van der Waals surface area (Å²) in [7, 11) is 0. The number of halogens is 1. The molecule has 1 aliphatic rings. The van der Waals surface area contributed by atoms with Gasteiger partial charge in [0.25, 0.3) is 0 Å². The van der Waals surface area contributed by atoms with Gasteiger partial charge in [0, 0.05) is 26.1 Å². The smallest absolute Gasteiger partial charge is 0.220 e. The molecule has 1 aliphatic heterocycles. The first-order valence-corrected chi connectivity index (χ1v) is 6.74. The molecule has 0 spiro atoms. The van der Waals surface area contributed by atoms with E-state index in [0.717, 1.165) is 30.2 Å². The van der Waals surface area contributed by atoms with Crippen LogP contribution in [-0.4, -0.2) is 25.5 Å². The van der Waals surface area contributed by atoms with Gasteiger partial charge in [0.1, 0.15) is 0 Å². The molecule has 1 aromatic carbocycles. The third-order valence-electron chi connectivity index (χ3n) is 3.25. The van der Waals surface area contributed by atoms with Gasteiger partial charge in [0.15, 0.2) is 0 Å². The summed E-state index contributed by atoms with van der Waals surface area (Å²) < 4.78 is 0. The summed E-state index contributed by atoms with van der Waals surface area (Å²) in [6, 6.07) is 4.15. The van der Waals surface area contributed by atoms with Crippen molar-refractivity contribution in [3.63, 3.8) is 0 Å². The Balaban J connectivity index is 2.22. The van der Waals surface area contributed by atoms with Gasteiger partial charge in [-0.1, -0.05) is 17.7 Å². The number of hydrogen-bond acceptors (Lipinski definition) is 2. The van der Waals surface area contributed by atoms with Crippen molar-refractivity contribution in [2.75, 3.05) is 24.5 Å². The van der Waals surface area contributed by atoms with Crippen molar-refractivity contribution in [2.45, 2.75) is 26.7 Å². The van der Waals surface area contributed by atoms with Crippen molar-refractivity contribution in [3.8, 4) is 0 Å². The van der Waals surface area contributed by atoms with Crippen molar-refractivity contribution < 1.29 is 4.79 Å². The van der Waals surface area contributed by atoms with Crippen LogP contribution in [-0.2, 0) is 4.79 Å². The normalized spacial score (nSPS) is 17.1. The van der Waals surface area contributed by atoms with Gasteiger partial charge in [-0.2, -0.15) is 0 Å². The van der Waals surface area contributed by atoms with E-state index in [1.807, 2.05) is 6.07 Å². The lowest BCUT2D eigenvalue weighted by molar-refractivity contribution is -0.121. The van der Waals surface area contributed by atoms with Gasteiger partial charge >= 0.3 is 0 Å². The van der Waals surface area contributed by atoms with E-state index in [1.54, 1.807) is 0 Å². The third-order valence-corrected chi connectivity index (χ3v) is 3.54. The molecule has 1 saturated heterocycles. The Hall–Kier alpha value is -1.22. The van der Waals surface area contributed by atoms with Crippen LogP contribution < -0.4 is 10.2 Å². The predicted octanol–water partition coefficient (Wildman–Crippen LogP) is 2.67. The van der Waals surface area contributed by atoms with Crippen LogP contribution in [0, 0.1) is 13.8 Å². The number of carbonyl (C=O) groups is 1. The number of nitrogens with zero attached hydrogens (tertiary/aromatic N) is 1. The number of nitrogens with one attached hydrogen (secondary N) is 1. The van der Waals surface area contributed by atoms with E-state index in [2.05, 4.69) is 30.1 Å². The van der Waals surface area contributed by atoms with Gasteiger partial charge in [-0.3, -0.25) is 4.79 Å². The first-order chi connectivity index (χ1) is 8.58. The van der Waals surface area contributed by atoms with E-state index >= 15 is 0 Å². The summed E-state index contributed by atoms with van der Waals surface area (Å²) in [6.07, 6.45) is 1.47. The molecular weight excluding hydrogens is 248 g/mol. The van der Waals surface area contributed by atoms with Gasteiger partial charge in [-0.25, -0.2) is 0 Å². The Labute approximate surface area is 113 Å². The highest BCUT2D eigenvalue weighted by Crippen LogP contribution is 2.31. The summed E-state index contributed by atoms with van der Waals surface area (Å²) in [5.41, 5.74) is 3.49. The zero-order chi connectivity index (χ0) is 13.1. The van der Waals surface area contributed by atoms with Crippen LogP contribution in [0.5, 0.6) is 0 Å². The lowest BCUT2D eigenvalue weighted by Gasteiger charge is -2.29. The first kappa shape index (κ1) is 13.2. The second kappa shape index (κ2) is 5.61. The Bertz CT molecular complexity index is 424. The van der Waals surface area contributed by atoms with Crippen LogP contribution in [0.25, 0.3) is 0 Å². The van der Waals surface area contributed by atoms with Gasteiger partial charge in [0.05, 0.1) is 10.7 Å². The number of aryl methyl sites for hydroxylation is 2. The molecule has 1 fully saturated rings. The van der Waals surface area contributed by atoms with E-state index in [9.17, 15) is 4.79 Å². The summed E-state index contributed by atoms with van der Waals surface area (Å²) in [6.45, 7) is 6.52. The average Bonchev–Trinajstić information content (AvgIpc) is 2.23. The van der Waals surface area contributed by atoms with E-state index in [4.69, 9.17) is 11.6 Å². The molecule has 98 valence electrons. The molecule has 0 atom stereocenters. The van der Waals surface area contributed by atoms with Crippen LogP contribution in [0.1, 0.15) is 24.0 Å². The molecule has 0 saturated carbocycles. The van der Waals surface area contributed by atoms with Gasteiger partial charge in [-0.05, 0) is 37.5 Å². The SMILES string of the molecule is Cc1cc(C)c(N2CCCC(=O)NCC2)c(Cl)c1. The first-order valence-electron chi connectivity index (χ1n) is 6.36. The lowest BCUT2D eigenvalue weighted by atomic mass is 10.1. The molecule has 3 nitrogen and oxygen atoms in total. The molecule has 0 unspecified atom stereocenters. The molecule has 2 rings (SSSR count). The number of benzene rings is 1. The lowest BCUT2D eigenvalue weighted by Crippen LogP contribution is -2.39. The number of carbonyl (C=O) groups excluding carboxylic acids is 1. The van der Waals surface area contributed by atoms with Crippen molar-refractivity contribution in [3.05, 3.63) is 28.3 Å². The van der Waals surface area contributed by atoms with E-state index in [-0.39, 0.29) is 5.91 Å². The number of amides is 1. The molecule has 0 aliphatic carbocycles. The Morgan fingerprint density at radius 1 is 1.28 bits per heavy atom. The molecule has 0 radical (unpaired) electrons. The van der Waals surface area contributed by atoms with Gasteiger partial charge in [0.2, 0.25) is 5.91 Å². The van der Waals surface area contributed by atoms with E-state index in [1.165, 1.54) is 11.1 Å². The van der Waals surface area contributed by atoms with Crippen LogP contribution in [0.4, 0.5) is 5.69 Å². The summed E-state index contributed by atoms with van der Waals surface area (Å²) in [5, 5.41) is 3.72. The van der Waals surface area contributed by atoms with Crippen molar-refractivity contribution in [1.82, 2.24) is 5.32 Å². The summed E-state index contributed by atoms with van der Waals surface area (Å²) in [4.78, 5) is 13.6.